The largest absolute Gasteiger partial charge is 0.245 e. The molecule has 2 aromatic heterocycles. The van der Waals surface area contributed by atoms with Crippen molar-refractivity contribution in [1.82, 2.24) is 9.97 Å². The number of hydrogen-bond acceptors (Lipinski definition) is 4. The van der Waals surface area contributed by atoms with Gasteiger partial charge in [-0.05, 0) is 12.1 Å². The quantitative estimate of drug-likeness (QED) is 0.652. The second kappa shape index (κ2) is 3.96. The molecular weight excluding hydrogens is 230 g/mol. The van der Waals surface area contributed by atoms with E-state index in [0.717, 1.165) is 22.2 Å². The van der Waals surface area contributed by atoms with Crippen molar-refractivity contribution in [3.05, 3.63) is 46.9 Å². The first-order chi connectivity index (χ1) is 8.38. The zero-order valence-corrected chi connectivity index (χ0v) is 9.61. The van der Waals surface area contributed by atoms with Crippen molar-refractivity contribution in [3.63, 3.8) is 0 Å². The Bertz CT molecular complexity index is 711. The van der Waals surface area contributed by atoms with E-state index in [2.05, 4.69) is 16.0 Å². The summed E-state index contributed by atoms with van der Waals surface area (Å²) in [5.41, 5.74) is 4.90. The Morgan fingerprint density at radius 1 is 1.24 bits per heavy atom. The van der Waals surface area contributed by atoms with Gasteiger partial charge in [-0.15, -0.1) is 11.3 Å². The SMILES string of the molecule is N#Cc1cc(-c2cscn2)c2ccccc2n1. The minimum Gasteiger partial charge on any atom is -0.245 e. The number of thiazole rings is 1. The molecule has 80 valence electrons. The molecule has 0 unspecified atom stereocenters. The van der Waals surface area contributed by atoms with Gasteiger partial charge in [0.25, 0.3) is 0 Å². The van der Waals surface area contributed by atoms with Crippen molar-refractivity contribution in [1.29, 1.82) is 5.26 Å². The van der Waals surface area contributed by atoms with Crippen LogP contribution in [0.25, 0.3) is 22.2 Å². The Kier molecular flexibility index (Phi) is 2.32. The van der Waals surface area contributed by atoms with E-state index in [4.69, 9.17) is 5.26 Å². The molecular formula is C13H7N3S. The average Bonchev–Trinajstić information content (AvgIpc) is 2.91. The fourth-order valence-corrected chi connectivity index (χ4v) is 2.34. The first kappa shape index (κ1) is 9.94. The molecule has 3 rings (SSSR count). The number of pyridine rings is 1. The van der Waals surface area contributed by atoms with E-state index >= 15 is 0 Å². The summed E-state index contributed by atoms with van der Waals surface area (Å²) in [6, 6.07) is 11.7. The molecule has 0 spiro atoms. The highest BCUT2D eigenvalue weighted by molar-refractivity contribution is 7.07. The second-order valence-electron chi connectivity index (χ2n) is 3.56. The fraction of sp³-hybridized carbons (Fsp3) is 0. The molecule has 0 radical (unpaired) electrons. The van der Waals surface area contributed by atoms with Gasteiger partial charge in [-0.3, -0.25) is 0 Å². The number of nitrogens with zero attached hydrogens (tertiary/aromatic N) is 3. The van der Waals surface area contributed by atoms with E-state index in [9.17, 15) is 0 Å². The van der Waals surface area contributed by atoms with Crippen LogP contribution in [-0.4, -0.2) is 9.97 Å². The van der Waals surface area contributed by atoms with Crippen LogP contribution in [-0.2, 0) is 0 Å². The van der Waals surface area contributed by atoms with Crippen LogP contribution >= 0.6 is 11.3 Å². The van der Waals surface area contributed by atoms with E-state index in [0.29, 0.717) is 5.69 Å². The van der Waals surface area contributed by atoms with Gasteiger partial charge in [-0.2, -0.15) is 5.26 Å². The lowest BCUT2D eigenvalue weighted by Gasteiger charge is -2.03. The van der Waals surface area contributed by atoms with Crippen molar-refractivity contribution in [2.75, 3.05) is 0 Å². The van der Waals surface area contributed by atoms with Gasteiger partial charge < -0.3 is 0 Å². The summed E-state index contributed by atoms with van der Waals surface area (Å²) >= 11 is 1.54. The fourth-order valence-electron chi connectivity index (χ4n) is 1.79. The average molecular weight is 237 g/mol. The molecule has 0 aliphatic carbocycles. The number of aromatic nitrogens is 2. The molecule has 4 heteroatoms. The molecule has 0 aliphatic heterocycles. The Balaban J connectivity index is 2.40. The van der Waals surface area contributed by atoms with Crippen LogP contribution in [0.3, 0.4) is 0 Å². The Hall–Kier alpha value is -2.25. The number of fused-ring (bicyclic) bond motifs is 1. The Morgan fingerprint density at radius 3 is 2.88 bits per heavy atom. The molecule has 0 bridgehead atoms. The van der Waals surface area contributed by atoms with Gasteiger partial charge in [0.15, 0.2) is 0 Å². The van der Waals surface area contributed by atoms with Gasteiger partial charge in [0, 0.05) is 16.3 Å². The van der Waals surface area contributed by atoms with Crippen molar-refractivity contribution >= 4 is 22.2 Å². The third kappa shape index (κ3) is 1.67. The molecule has 3 nitrogen and oxygen atoms in total. The van der Waals surface area contributed by atoms with Crippen molar-refractivity contribution in [2.45, 2.75) is 0 Å². The molecule has 0 amide bonds. The van der Waals surface area contributed by atoms with Gasteiger partial charge in [-0.1, -0.05) is 18.2 Å². The molecule has 17 heavy (non-hydrogen) atoms. The number of rotatable bonds is 1. The Labute approximate surface area is 102 Å². The maximum Gasteiger partial charge on any atom is 0.141 e. The molecule has 3 aromatic rings. The highest BCUT2D eigenvalue weighted by atomic mass is 32.1. The Morgan fingerprint density at radius 2 is 2.12 bits per heavy atom. The lowest BCUT2D eigenvalue weighted by atomic mass is 10.1. The van der Waals surface area contributed by atoms with Gasteiger partial charge in [0.05, 0.1) is 16.7 Å². The van der Waals surface area contributed by atoms with Gasteiger partial charge >= 0.3 is 0 Å². The molecule has 1 aromatic carbocycles. The smallest absolute Gasteiger partial charge is 0.141 e. The van der Waals surface area contributed by atoms with E-state index in [1.807, 2.05) is 29.6 Å². The first-order valence-electron chi connectivity index (χ1n) is 5.07. The maximum absolute atomic E-state index is 8.99. The predicted molar refractivity (Wildman–Crippen MR) is 67.6 cm³/mol. The standard InChI is InChI=1S/C13H7N3S/c14-6-9-5-11(13-7-17-8-15-13)10-3-1-2-4-12(10)16-9/h1-5,7-8H. The third-order valence-corrected chi connectivity index (χ3v) is 3.13. The molecule has 0 saturated heterocycles. The minimum atomic E-state index is 0.423. The van der Waals surface area contributed by atoms with Gasteiger partial charge in [0.1, 0.15) is 11.8 Å². The van der Waals surface area contributed by atoms with Crippen molar-refractivity contribution < 1.29 is 0 Å². The maximum atomic E-state index is 8.99. The molecule has 0 atom stereocenters. The molecule has 0 fully saturated rings. The van der Waals surface area contributed by atoms with Crippen LogP contribution in [0.4, 0.5) is 0 Å². The lowest BCUT2D eigenvalue weighted by molar-refractivity contribution is 1.31. The lowest BCUT2D eigenvalue weighted by Crippen LogP contribution is -1.89. The molecule has 0 aliphatic rings. The molecule has 2 heterocycles. The summed E-state index contributed by atoms with van der Waals surface area (Å²) in [6.07, 6.45) is 0. The van der Waals surface area contributed by atoms with E-state index < -0.39 is 0 Å². The van der Waals surface area contributed by atoms with Crippen LogP contribution in [0.2, 0.25) is 0 Å². The summed E-state index contributed by atoms with van der Waals surface area (Å²) in [5, 5.41) is 12.0. The normalized spacial score (nSPS) is 10.3. The van der Waals surface area contributed by atoms with Gasteiger partial charge in [0.2, 0.25) is 0 Å². The second-order valence-corrected chi connectivity index (χ2v) is 4.28. The van der Waals surface area contributed by atoms with E-state index in [-0.39, 0.29) is 0 Å². The zero-order chi connectivity index (χ0) is 11.7. The zero-order valence-electron chi connectivity index (χ0n) is 8.79. The third-order valence-electron chi connectivity index (χ3n) is 2.54. The van der Waals surface area contributed by atoms with Crippen LogP contribution in [0.5, 0.6) is 0 Å². The monoisotopic (exact) mass is 237 g/mol. The number of nitriles is 1. The van der Waals surface area contributed by atoms with Crippen LogP contribution in [0.1, 0.15) is 5.69 Å². The predicted octanol–water partition coefficient (Wildman–Crippen LogP) is 3.23. The first-order valence-corrected chi connectivity index (χ1v) is 6.01. The number of hydrogen-bond donors (Lipinski definition) is 0. The van der Waals surface area contributed by atoms with Crippen LogP contribution in [0.15, 0.2) is 41.2 Å². The number of benzene rings is 1. The van der Waals surface area contributed by atoms with Gasteiger partial charge in [-0.25, -0.2) is 9.97 Å². The van der Waals surface area contributed by atoms with Crippen LogP contribution in [0, 0.1) is 11.3 Å². The molecule has 0 N–H and O–H groups in total. The van der Waals surface area contributed by atoms with E-state index in [1.165, 1.54) is 0 Å². The summed E-state index contributed by atoms with van der Waals surface area (Å²) in [4.78, 5) is 8.57. The summed E-state index contributed by atoms with van der Waals surface area (Å²) < 4.78 is 0. The molecule has 0 saturated carbocycles. The number of para-hydroxylation sites is 1. The van der Waals surface area contributed by atoms with Crippen molar-refractivity contribution in [3.8, 4) is 17.3 Å². The van der Waals surface area contributed by atoms with Crippen molar-refractivity contribution in [2.24, 2.45) is 0 Å². The van der Waals surface area contributed by atoms with E-state index in [1.54, 1.807) is 22.9 Å². The summed E-state index contributed by atoms with van der Waals surface area (Å²) in [6.45, 7) is 0. The van der Waals surface area contributed by atoms with Crippen LogP contribution < -0.4 is 0 Å². The highest BCUT2D eigenvalue weighted by Gasteiger charge is 2.08. The summed E-state index contributed by atoms with van der Waals surface area (Å²) in [5.74, 6) is 0. The minimum absolute atomic E-state index is 0.423. The highest BCUT2D eigenvalue weighted by Crippen LogP contribution is 2.27. The summed E-state index contributed by atoms with van der Waals surface area (Å²) in [7, 11) is 0. The topological polar surface area (TPSA) is 49.6 Å².